The molecule has 0 aromatic heterocycles. The van der Waals surface area contributed by atoms with Crippen molar-refractivity contribution >= 4 is 5.91 Å². The maximum atomic E-state index is 12.8. The molecule has 1 fully saturated rings. The van der Waals surface area contributed by atoms with Crippen molar-refractivity contribution in [2.75, 3.05) is 0 Å². The first-order valence-corrected chi connectivity index (χ1v) is 6.96. The molecule has 2 atom stereocenters. The van der Waals surface area contributed by atoms with E-state index in [4.69, 9.17) is 5.73 Å². The number of nitrogens with two attached hydrogens (primary N) is 1. The minimum absolute atomic E-state index is 0.0908. The molecule has 1 aliphatic rings. The summed E-state index contributed by atoms with van der Waals surface area (Å²) in [6, 6.07) is 4.14. The summed E-state index contributed by atoms with van der Waals surface area (Å²) in [6.45, 7) is 3.34. The second kappa shape index (κ2) is 5.67. The Morgan fingerprint density at radius 1 is 1.33 bits per heavy atom. The molecular weight excluding hydrogens is 281 g/mol. The fourth-order valence-corrected chi connectivity index (χ4v) is 2.41. The lowest BCUT2D eigenvalue weighted by atomic mass is 10.0. The molecule has 0 bridgehead atoms. The van der Waals surface area contributed by atoms with E-state index in [1.54, 1.807) is 24.8 Å². The van der Waals surface area contributed by atoms with E-state index in [9.17, 15) is 18.0 Å². The number of amides is 1. The zero-order valence-electron chi connectivity index (χ0n) is 12.0. The number of nitrogens with zero attached hydrogens (tertiary/aromatic N) is 1. The van der Waals surface area contributed by atoms with E-state index in [0.717, 1.165) is 25.0 Å². The average molecular weight is 300 g/mol. The van der Waals surface area contributed by atoms with Crippen molar-refractivity contribution in [3.8, 4) is 0 Å². The van der Waals surface area contributed by atoms with Gasteiger partial charge in [0.1, 0.15) is 0 Å². The largest absolute Gasteiger partial charge is 0.416 e. The van der Waals surface area contributed by atoms with Crippen LogP contribution in [-0.4, -0.2) is 22.9 Å². The SMILES string of the molecule is CC(c1cccc(C(F)(F)F)c1)N(C(=O)[C@H](C)N)C1CC1. The van der Waals surface area contributed by atoms with Gasteiger partial charge >= 0.3 is 6.18 Å². The third kappa shape index (κ3) is 3.56. The number of halogens is 3. The molecule has 0 spiro atoms. The summed E-state index contributed by atoms with van der Waals surface area (Å²) < 4.78 is 38.4. The Bertz CT molecular complexity index is 524. The molecule has 1 aromatic carbocycles. The van der Waals surface area contributed by atoms with Crippen LogP contribution in [0, 0.1) is 0 Å². The quantitative estimate of drug-likeness (QED) is 0.928. The highest BCUT2D eigenvalue weighted by Crippen LogP contribution is 2.36. The molecule has 0 saturated heterocycles. The van der Waals surface area contributed by atoms with Crippen molar-refractivity contribution < 1.29 is 18.0 Å². The molecule has 1 unspecified atom stereocenters. The third-order valence-electron chi connectivity index (χ3n) is 3.70. The predicted octanol–water partition coefficient (Wildman–Crippen LogP) is 3.10. The van der Waals surface area contributed by atoms with Crippen LogP contribution in [0.2, 0.25) is 0 Å². The molecular formula is C15H19F3N2O. The predicted molar refractivity (Wildman–Crippen MR) is 73.4 cm³/mol. The summed E-state index contributed by atoms with van der Waals surface area (Å²) in [5, 5.41) is 0. The molecule has 0 heterocycles. The Morgan fingerprint density at radius 3 is 2.43 bits per heavy atom. The first-order valence-electron chi connectivity index (χ1n) is 6.96. The van der Waals surface area contributed by atoms with Crippen LogP contribution in [0.5, 0.6) is 0 Å². The molecule has 1 saturated carbocycles. The summed E-state index contributed by atoms with van der Waals surface area (Å²) in [7, 11) is 0. The Labute approximate surface area is 121 Å². The van der Waals surface area contributed by atoms with Crippen LogP contribution in [0.1, 0.15) is 43.9 Å². The first kappa shape index (κ1) is 15.8. The Kier molecular flexibility index (Phi) is 4.27. The van der Waals surface area contributed by atoms with Gasteiger partial charge in [0.15, 0.2) is 0 Å². The maximum absolute atomic E-state index is 12.8. The molecule has 2 rings (SSSR count). The fraction of sp³-hybridized carbons (Fsp3) is 0.533. The van der Waals surface area contributed by atoms with E-state index in [-0.39, 0.29) is 11.9 Å². The second-order valence-corrected chi connectivity index (χ2v) is 5.56. The van der Waals surface area contributed by atoms with Crippen molar-refractivity contribution in [1.29, 1.82) is 0 Å². The van der Waals surface area contributed by atoms with Gasteiger partial charge in [0, 0.05) is 6.04 Å². The first-order chi connectivity index (χ1) is 9.71. The van der Waals surface area contributed by atoms with E-state index in [2.05, 4.69) is 0 Å². The zero-order valence-corrected chi connectivity index (χ0v) is 12.0. The minimum atomic E-state index is -4.38. The van der Waals surface area contributed by atoms with Crippen LogP contribution in [0.15, 0.2) is 24.3 Å². The van der Waals surface area contributed by atoms with Crippen LogP contribution >= 0.6 is 0 Å². The lowest BCUT2D eigenvalue weighted by Crippen LogP contribution is -2.44. The lowest BCUT2D eigenvalue weighted by Gasteiger charge is -2.31. The van der Waals surface area contributed by atoms with Crippen LogP contribution in [-0.2, 0) is 11.0 Å². The van der Waals surface area contributed by atoms with Gasteiger partial charge in [0.25, 0.3) is 0 Å². The molecule has 116 valence electrons. The molecule has 2 N–H and O–H groups in total. The van der Waals surface area contributed by atoms with E-state index in [1.807, 2.05) is 0 Å². The highest BCUT2D eigenvalue weighted by Gasteiger charge is 2.38. The number of carbonyl (C=O) groups is 1. The van der Waals surface area contributed by atoms with Gasteiger partial charge in [-0.05, 0) is 44.4 Å². The number of carbonyl (C=O) groups excluding carboxylic acids is 1. The Morgan fingerprint density at radius 2 is 1.95 bits per heavy atom. The number of rotatable bonds is 4. The van der Waals surface area contributed by atoms with Crippen LogP contribution < -0.4 is 5.73 Å². The average Bonchev–Trinajstić information content (AvgIpc) is 3.22. The number of alkyl halides is 3. The molecule has 6 heteroatoms. The number of benzene rings is 1. The van der Waals surface area contributed by atoms with Crippen molar-refractivity contribution in [2.45, 2.75) is 51.0 Å². The van der Waals surface area contributed by atoms with Gasteiger partial charge in [-0.25, -0.2) is 0 Å². The summed E-state index contributed by atoms with van der Waals surface area (Å²) in [5.41, 5.74) is 5.43. The van der Waals surface area contributed by atoms with Gasteiger partial charge in [0.2, 0.25) is 5.91 Å². The fourth-order valence-electron chi connectivity index (χ4n) is 2.41. The summed E-state index contributed by atoms with van der Waals surface area (Å²) in [4.78, 5) is 13.8. The normalized spacial score (nSPS) is 18.2. The van der Waals surface area contributed by atoms with Gasteiger partial charge < -0.3 is 10.6 Å². The summed E-state index contributed by atoms with van der Waals surface area (Å²) in [6.07, 6.45) is -2.63. The topological polar surface area (TPSA) is 46.3 Å². The smallest absolute Gasteiger partial charge is 0.332 e. The highest BCUT2D eigenvalue weighted by molar-refractivity contribution is 5.82. The van der Waals surface area contributed by atoms with Crippen LogP contribution in [0.4, 0.5) is 13.2 Å². The van der Waals surface area contributed by atoms with Gasteiger partial charge in [-0.2, -0.15) is 13.2 Å². The maximum Gasteiger partial charge on any atom is 0.416 e. The molecule has 21 heavy (non-hydrogen) atoms. The zero-order chi connectivity index (χ0) is 15.8. The molecule has 0 aliphatic heterocycles. The van der Waals surface area contributed by atoms with Crippen molar-refractivity contribution in [1.82, 2.24) is 4.90 Å². The van der Waals surface area contributed by atoms with Crippen molar-refractivity contribution in [3.63, 3.8) is 0 Å². The van der Waals surface area contributed by atoms with E-state index in [1.165, 1.54) is 6.07 Å². The molecule has 3 nitrogen and oxygen atoms in total. The number of hydrogen-bond acceptors (Lipinski definition) is 2. The van der Waals surface area contributed by atoms with E-state index < -0.39 is 23.8 Å². The van der Waals surface area contributed by atoms with Crippen LogP contribution in [0.25, 0.3) is 0 Å². The van der Waals surface area contributed by atoms with Gasteiger partial charge in [-0.15, -0.1) is 0 Å². The highest BCUT2D eigenvalue weighted by atomic mass is 19.4. The van der Waals surface area contributed by atoms with Crippen molar-refractivity contribution in [2.24, 2.45) is 5.73 Å². The van der Waals surface area contributed by atoms with Crippen molar-refractivity contribution in [3.05, 3.63) is 35.4 Å². The van der Waals surface area contributed by atoms with Gasteiger partial charge in [-0.1, -0.05) is 12.1 Å². The second-order valence-electron chi connectivity index (χ2n) is 5.56. The number of hydrogen-bond donors (Lipinski definition) is 1. The van der Waals surface area contributed by atoms with E-state index in [0.29, 0.717) is 5.56 Å². The molecule has 0 radical (unpaired) electrons. The Hall–Kier alpha value is -1.56. The summed E-state index contributed by atoms with van der Waals surface area (Å²) in [5.74, 6) is -0.220. The summed E-state index contributed by atoms with van der Waals surface area (Å²) >= 11 is 0. The van der Waals surface area contributed by atoms with Gasteiger partial charge in [-0.3, -0.25) is 4.79 Å². The van der Waals surface area contributed by atoms with E-state index >= 15 is 0 Å². The lowest BCUT2D eigenvalue weighted by molar-refractivity contribution is -0.137. The van der Waals surface area contributed by atoms with Gasteiger partial charge in [0.05, 0.1) is 17.6 Å². The minimum Gasteiger partial charge on any atom is -0.332 e. The molecule has 1 amide bonds. The standard InChI is InChI=1S/C15H19F3N2O/c1-9(19)14(21)20(13-6-7-13)10(2)11-4-3-5-12(8-11)15(16,17)18/h3-5,8-10,13H,6-7,19H2,1-2H3/t9-,10?/m0/s1. The van der Waals surface area contributed by atoms with Crippen LogP contribution in [0.3, 0.4) is 0 Å². The Balaban J connectivity index is 2.29. The monoisotopic (exact) mass is 300 g/mol. The molecule has 1 aromatic rings. The third-order valence-corrected chi connectivity index (χ3v) is 3.70. The molecule has 1 aliphatic carbocycles.